The van der Waals surface area contributed by atoms with Crippen molar-refractivity contribution in [2.75, 3.05) is 22.9 Å². The minimum atomic E-state index is 0.378. The number of allylic oxidation sites excluding steroid dienone is 2. The molecule has 1 unspecified atom stereocenters. The Balaban J connectivity index is 1.62. The first-order chi connectivity index (χ1) is 13.2. The van der Waals surface area contributed by atoms with Gasteiger partial charge in [0.05, 0.1) is 21.8 Å². The van der Waals surface area contributed by atoms with Gasteiger partial charge < -0.3 is 9.80 Å². The van der Waals surface area contributed by atoms with Crippen LogP contribution in [0.15, 0.2) is 81.1 Å². The third-order valence-corrected chi connectivity index (χ3v) is 7.44. The number of rotatable bonds is 5. The van der Waals surface area contributed by atoms with Crippen LogP contribution < -0.4 is 9.80 Å². The molecule has 0 radical (unpaired) electrons. The molecule has 0 N–H and O–H groups in total. The molecule has 2 heterocycles. The van der Waals surface area contributed by atoms with E-state index in [4.69, 9.17) is 0 Å². The first-order valence-electron chi connectivity index (χ1n) is 9.74. The zero-order valence-electron chi connectivity index (χ0n) is 16.2. The fourth-order valence-electron chi connectivity index (χ4n) is 3.70. The molecule has 0 fully saturated rings. The van der Waals surface area contributed by atoms with Crippen LogP contribution in [0.3, 0.4) is 0 Å². The predicted molar refractivity (Wildman–Crippen MR) is 121 cm³/mol. The number of thioether (sulfide) groups is 2. The third kappa shape index (κ3) is 3.53. The van der Waals surface area contributed by atoms with E-state index < -0.39 is 0 Å². The van der Waals surface area contributed by atoms with E-state index in [9.17, 15) is 0 Å². The second-order valence-corrected chi connectivity index (χ2v) is 8.87. The minimum absolute atomic E-state index is 0.378. The number of para-hydroxylation sites is 2. The molecule has 2 aliphatic rings. The molecule has 2 aromatic rings. The summed E-state index contributed by atoms with van der Waals surface area (Å²) in [5, 5.41) is 1.72. The van der Waals surface area contributed by atoms with Crippen LogP contribution in [-0.2, 0) is 0 Å². The molecule has 140 valence electrons. The number of nitrogens with zero attached hydrogens (tertiary/aromatic N) is 2. The average molecular weight is 395 g/mol. The number of hydrogen-bond donors (Lipinski definition) is 0. The maximum absolute atomic E-state index is 2.50. The predicted octanol–water partition coefficient (Wildman–Crippen LogP) is 6.75. The van der Waals surface area contributed by atoms with Crippen LogP contribution in [0.2, 0.25) is 0 Å². The highest BCUT2D eigenvalue weighted by Crippen LogP contribution is 2.47. The van der Waals surface area contributed by atoms with Gasteiger partial charge in [-0.3, -0.25) is 0 Å². The second-order valence-electron chi connectivity index (χ2n) is 6.65. The van der Waals surface area contributed by atoms with Crippen LogP contribution in [-0.4, -0.2) is 18.5 Å². The fraction of sp³-hybridized carbons (Fsp3) is 0.304. The molecular weight excluding hydrogens is 368 g/mol. The van der Waals surface area contributed by atoms with Gasteiger partial charge in [-0.25, -0.2) is 0 Å². The van der Waals surface area contributed by atoms with Crippen molar-refractivity contribution >= 4 is 34.9 Å². The molecule has 0 spiro atoms. The number of likely N-dealkylation sites (N-methyl/N-ethyl adjacent to an activating group) is 1. The number of hydrogen-bond acceptors (Lipinski definition) is 4. The first kappa shape index (κ1) is 18.6. The molecule has 4 rings (SSSR count). The van der Waals surface area contributed by atoms with Gasteiger partial charge in [-0.1, -0.05) is 54.7 Å². The summed E-state index contributed by atoms with van der Waals surface area (Å²) >= 11 is 3.85. The highest BCUT2D eigenvalue weighted by Gasteiger charge is 2.28. The summed E-state index contributed by atoms with van der Waals surface area (Å²) < 4.78 is 0. The van der Waals surface area contributed by atoms with Crippen LogP contribution in [0.5, 0.6) is 0 Å². The van der Waals surface area contributed by atoms with E-state index in [1.54, 1.807) is 0 Å². The van der Waals surface area contributed by atoms with E-state index in [1.807, 2.05) is 23.5 Å². The van der Waals surface area contributed by atoms with Crippen LogP contribution >= 0.6 is 23.5 Å². The summed E-state index contributed by atoms with van der Waals surface area (Å²) in [6.45, 7) is 8.76. The molecule has 4 heteroatoms. The lowest BCUT2D eigenvalue weighted by molar-refractivity contribution is 0.871. The van der Waals surface area contributed by atoms with E-state index in [0.29, 0.717) is 5.37 Å². The number of fused-ring (bicyclic) bond motifs is 2. The molecule has 0 aliphatic carbocycles. The second kappa shape index (κ2) is 8.07. The zero-order valence-corrected chi connectivity index (χ0v) is 17.8. The summed E-state index contributed by atoms with van der Waals surface area (Å²) in [4.78, 5) is 7.68. The van der Waals surface area contributed by atoms with Gasteiger partial charge in [0.2, 0.25) is 0 Å². The Bertz CT molecular complexity index is 887. The Hall–Kier alpha value is -1.78. The van der Waals surface area contributed by atoms with Gasteiger partial charge in [-0.05, 0) is 62.3 Å². The van der Waals surface area contributed by atoms with Crippen molar-refractivity contribution < 1.29 is 0 Å². The summed E-state index contributed by atoms with van der Waals surface area (Å²) in [6, 6.07) is 17.5. The highest BCUT2D eigenvalue weighted by atomic mass is 32.2. The maximum atomic E-state index is 2.50. The Morgan fingerprint density at radius 3 is 2.33 bits per heavy atom. The monoisotopic (exact) mass is 394 g/mol. The standard InChI is InChI=1S/C23H26N2S2/c1-4-17(15-22-24(5-2)18-11-7-9-13-20(18)26-22)16-23-25(6-3)19-12-8-10-14-21(19)27-23/h7-16,22H,4-6H2,1-3H3/b17-15+,23-16-. The summed E-state index contributed by atoms with van der Waals surface area (Å²) in [6.07, 6.45) is 5.90. The van der Waals surface area contributed by atoms with Crippen molar-refractivity contribution in [1.29, 1.82) is 0 Å². The number of benzene rings is 2. The molecule has 2 nitrogen and oxygen atoms in total. The molecule has 2 aromatic carbocycles. The molecule has 0 aromatic heterocycles. The Morgan fingerprint density at radius 2 is 1.63 bits per heavy atom. The van der Waals surface area contributed by atoms with Crippen molar-refractivity contribution in [3.8, 4) is 0 Å². The summed E-state index contributed by atoms with van der Waals surface area (Å²) in [7, 11) is 0. The Morgan fingerprint density at radius 1 is 0.926 bits per heavy atom. The smallest absolute Gasteiger partial charge is 0.0988 e. The van der Waals surface area contributed by atoms with Gasteiger partial charge in [0.25, 0.3) is 0 Å². The number of anilines is 2. The molecule has 27 heavy (non-hydrogen) atoms. The van der Waals surface area contributed by atoms with Gasteiger partial charge >= 0.3 is 0 Å². The van der Waals surface area contributed by atoms with Gasteiger partial charge in [-0.2, -0.15) is 0 Å². The molecule has 1 atom stereocenters. The maximum Gasteiger partial charge on any atom is 0.0988 e. The normalized spacial score (nSPS) is 20.3. The minimum Gasteiger partial charge on any atom is -0.355 e. The molecule has 0 bridgehead atoms. The molecule has 0 saturated heterocycles. The fourth-order valence-corrected chi connectivity index (χ4v) is 6.25. The molecule has 2 aliphatic heterocycles. The lowest BCUT2D eigenvalue weighted by Crippen LogP contribution is -2.27. The van der Waals surface area contributed by atoms with Gasteiger partial charge in [0, 0.05) is 22.9 Å². The zero-order chi connectivity index (χ0) is 18.8. The third-order valence-electron chi connectivity index (χ3n) is 5.10. The lowest BCUT2D eigenvalue weighted by Gasteiger charge is -2.23. The largest absolute Gasteiger partial charge is 0.355 e. The summed E-state index contributed by atoms with van der Waals surface area (Å²) in [5.74, 6) is 0. The van der Waals surface area contributed by atoms with Crippen molar-refractivity contribution in [3.63, 3.8) is 0 Å². The lowest BCUT2D eigenvalue weighted by atomic mass is 10.1. The highest BCUT2D eigenvalue weighted by molar-refractivity contribution is 8.03. The quantitative estimate of drug-likeness (QED) is 0.553. The average Bonchev–Trinajstić information content (AvgIpc) is 3.23. The van der Waals surface area contributed by atoms with E-state index >= 15 is 0 Å². The van der Waals surface area contributed by atoms with Crippen molar-refractivity contribution in [2.45, 2.75) is 42.4 Å². The SMILES string of the molecule is CCC(/C=C1\Sc2ccccc2N1CC)=C\C1Sc2ccccc2N1CC. The van der Waals surface area contributed by atoms with Gasteiger partial charge in [0.15, 0.2) is 0 Å². The Labute approximate surface area is 171 Å². The van der Waals surface area contributed by atoms with Crippen molar-refractivity contribution in [1.82, 2.24) is 0 Å². The van der Waals surface area contributed by atoms with Crippen molar-refractivity contribution in [2.24, 2.45) is 0 Å². The van der Waals surface area contributed by atoms with Crippen LogP contribution in [0.25, 0.3) is 0 Å². The first-order valence-corrected chi connectivity index (χ1v) is 11.4. The van der Waals surface area contributed by atoms with Crippen LogP contribution in [0.4, 0.5) is 11.4 Å². The van der Waals surface area contributed by atoms with E-state index in [2.05, 4.69) is 91.3 Å². The van der Waals surface area contributed by atoms with E-state index in [1.165, 1.54) is 31.8 Å². The van der Waals surface area contributed by atoms with Crippen molar-refractivity contribution in [3.05, 3.63) is 71.3 Å². The Kier molecular flexibility index (Phi) is 5.55. The van der Waals surface area contributed by atoms with Gasteiger partial charge in [-0.15, -0.1) is 0 Å². The summed E-state index contributed by atoms with van der Waals surface area (Å²) in [5.41, 5.74) is 4.12. The van der Waals surface area contributed by atoms with E-state index in [-0.39, 0.29) is 0 Å². The molecule has 0 amide bonds. The topological polar surface area (TPSA) is 6.48 Å². The molecular formula is C23H26N2S2. The van der Waals surface area contributed by atoms with Crippen LogP contribution in [0.1, 0.15) is 27.2 Å². The van der Waals surface area contributed by atoms with Crippen LogP contribution in [0, 0.1) is 0 Å². The van der Waals surface area contributed by atoms with Gasteiger partial charge in [0.1, 0.15) is 0 Å². The molecule has 0 saturated carbocycles. The van der Waals surface area contributed by atoms with E-state index in [0.717, 1.165) is 19.5 Å².